The van der Waals surface area contributed by atoms with E-state index in [0.717, 1.165) is 11.1 Å². The molecule has 1 aliphatic heterocycles. The highest BCUT2D eigenvalue weighted by Gasteiger charge is 2.28. The topological polar surface area (TPSA) is 57.7 Å². The van der Waals surface area contributed by atoms with Gasteiger partial charge in [-0.3, -0.25) is 4.79 Å². The van der Waals surface area contributed by atoms with Crippen molar-refractivity contribution in [2.75, 3.05) is 26.2 Å². The summed E-state index contributed by atoms with van der Waals surface area (Å²) in [5, 5.41) is 0. The van der Waals surface area contributed by atoms with Crippen molar-refractivity contribution in [3.8, 4) is 0 Å². The molecule has 0 saturated carbocycles. The van der Waals surface area contributed by atoms with E-state index in [-0.39, 0.29) is 5.91 Å². The first-order chi connectivity index (χ1) is 12.4. The number of nitrogens with zero attached hydrogens (tertiary/aromatic N) is 2. The molecule has 0 spiro atoms. The molecular weight excluding hydrogens is 348 g/mol. The SMILES string of the molecule is Cc1ccc(S(=O)(=O)N2CCCN(C(=O)c3cccc(C)c3)CC2)cc1. The molecule has 1 heterocycles. The molecule has 26 heavy (non-hydrogen) atoms. The molecule has 0 atom stereocenters. The highest BCUT2D eigenvalue weighted by Crippen LogP contribution is 2.19. The lowest BCUT2D eigenvalue weighted by atomic mass is 10.1. The second kappa shape index (κ2) is 7.60. The van der Waals surface area contributed by atoms with Crippen LogP contribution in [0.2, 0.25) is 0 Å². The lowest BCUT2D eigenvalue weighted by Gasteiger charge is -2.22. The zero-order valence-electron chi connectivity index (χ0n) is 15.2. The van der Waals surface area contributed by atoms with Crippen LogP contribution in [0.3, 0.4) is 0 Å². The van der Waals surface area contributed by atoms with Crippen molar-refractivity contribution >= 4 is 15.9 Å². The van der Waals surface area contributed by atoms with Crippen LogP contribution in [0.5, 0.6) is 0 Å². The standard InChI is InChI=1S/C20H24N2O3S/c1-16-7-9-19(10-8-16)26(24,25)22-12-4-11-21(13-14-22)20(23)18-6-3-5-17(2)15-18/h3,5-10,15H,4,11-14H2,1-2H3. The maximum atomic E-state index is 12.9. The lowest BCUT2D eigenvalue weighted by molar-refractivity contribution is 0.0764. The molecule has 6 heteroatoms. The zero-order valence-corrected chi connectivity index (χ0v) is 16.0. The first-order valence-corrected chi connectivity index (χ1v) is 10.2. The predicted octanol–water partition coefficient (Wildman–Crippen LogP) is 2.84. The van der Waals surface area contributed by atoms with Crippen LogP contribution >= 0.6 is 0 Å². The van der Waals surface area contributed by atoms with Crippen LogP contribution in [0.25, 0.3) is 0 Å². The van der Waals surface area contributed by atoms with Crippen molar-refractivity contribution < 1.29 is 13.2 Å². The molecule has 0 unspecified atom stereocenters. The Hall–Kier alpha value is -2.18. The van der Waals surface area contributed by atoms with E-state index in [0.29, 0.717) is 43.1 Å². The van der Waals surface area contributed by atoms with Crippen LogP contribution in [0.1, 0.15) is 27.9 Å². The van der Waals surface area contributed by atoms with Gasteiger partial charge in [0, 0.05) is 31.7 Å². The first-order valence-electron chi connectivity index (χ1n) is 8.81. The highest BCUT2D eigenvalue weighted by atomic mass is 32.2. The fourth-order valence-corrected chi connectivity index (χ4v) is 4.63. The molecule has 1 fully saturated rings. The van der Waals surface area contributed by atoms with Crippen LogP contribution in [-0.4, -0.2) is 49.7 Å². The molecule has 2 aromatic carbocycles. The van der Waals surface area contributed by atoms with Gasteiger partial charge in [0.15, 0.2) is 0 Å². The molecule has 0 radical (unpaired) electrons. The number of amides is 1. The summed E-state index contributed by atoms with van der Waals surface area (Å²) in [6, 6.07) is 14.4. The van der Waals surface area contributed by atoms with Crippen LogP contribution < -0.4 is 0 Å². The smallest absolute Gasteiger partial charge is 0.253 e. The molecule has 0 aromatic heterocycles. The average Bonchev–Trinajstić information content (AvgIpc) is 2.88. The summed E-state index contributed by atoms with van der Waals surface area (Å²) in [7, 11) is -3.53. The molecule has 0 bridgehead atoms. The summed E-state index contributed by atoms with van der Waals surface area (Å²) in [6.07, 6.45) is 0.628. The minimum absolute atomic E-state index is 0.0386. The van der Waals surface area contributed by atoms with Crippen LogP contribution in [0.4, 0.5) is 0 Å². The Bertz CT molecular complexity index is 892. The molecule has 0 aliphatic carbocycles. The Labute approximate surface area is 155 Å². The van der Waals surface area contributed by atoms with E-state index in [9.17, 15) is 13.2 Å². The lowest BCUT2D eigenvalue weighted by Crippen LogP contribution is -2.37. The molecular formula is C20H24N2O3S. The second-order valence-electron chi connectivity index (χ2n) is 6.73. The van der Waals surface area contributed by atoms with Gasteiger partial charge in [0.2, 0.25) is 10.0 Å². The van der Waals surface area contributed by atoms with E-state index in [1.54, 1.807) is 35.2 Å². The van der Waals surface area contributed by atoms with Gasteiger partial charge in [-0.15, -0.1) is 0 Å². The van der Waals surface area contributed by atoms with E-state index in [2.05, 4.69) is 0 Å². The number of carbonyl (C=O) groups is 1. The van der Waals surface area contributed by atoms with Gasteiger partial charge >= 0.3 is 0 Å². The number of aryl methyl sites for hydroxylation is 2. The predicted molar refractivity (Wildman–Crippen MR) is 102 cm³/mol. The third-order valence-corrected chi connectivity index (χ3v) is 6.58. The summed E-state index contributed by atoms with van der Waals surface area (Å²) in [4.78, 5) is 14.8. The fourth-order valence-electron chi connectivity index (χ4n) is 3.16. The van der Waals surface area contributed by atoms with Gasteiger partial charge in [-0.2, -0.15) is 4.31 Å². The summed E-state index contributed by atoms with van der Waals surface area (Å²) in [5.41, 5.74) is 2.71. The molecule has 5 nitrogen and oxygen atoms in total. The van der Waals surface area contributed by atoms with Crippen molar-refractivity contribution in [2.45, 2.75) is 25.2 Å². The van der Waals surface area contributed by atoms with E-state index in [1.807, 2.05) is 32.0 Å². The number of benzene rings is 2. The molecule has 1 aliphatic rings. The quantitative estimate of drug-likeness (QED) is 0.832. The highest BCUT2D eigenvalue weighted by molar-refractivity contribution is 7.89. The average molecular weight is 372 g/mol. The molecule has 1 amide bonds. The molecule has 0 N–H and O–H groups in total. The Balaban J connectivity index is 1.73. The monoisotopic (exact) mass is 372 g/mol. The maximum Gasteiger partial charge on any atom is 0.253 e. The minimum atomic E-state index is -3.53. The van der Waals surface area contributed by atoms with Gasteiger partial charge in [-0.1, -0.05) is 35.4 Å². The van der Waals surface area contributed by atoms with E-state index < -0.39 is 10.0 Å². The van der Waals surface area contributed by atoms with Crippen molar-refractivity contribution in [1.82, 2.24) is 9.21 Å². The number of rotatable bonds is 3. The minimum Gasteiger partial charge on any atom is -0.337 e. The fraction of sp³-hybridized carbons (Fsp3) is 0.350. The van der Waals surface area contributed by atoms with Gasteiger partial charge in [0.1, 0.15) is 0 Å². The van der Waals surface area contributed by atoms with Gasteiger partial charge in [-0.05, 0) is 44.5 Å². The number of carbonyl (C=O) groups excluding carboxylic acids is 1. The van der Waals surface area contributed by atoms with Crippen molar-refractivity contribution in [1.29, 1.82) is 0 Å². The Morgan fingerprint density at radius 1 is 0.885 bits per heavy atom. The zero-order chi connectivity index (χ0) is 18.7. The Morgan fingerprint density at radius 2 is 1.62 bits per heavy atom. The third-order valence-electron chi connectivity index (χ3n) is 4.67. The molecule has 1 saturated heterocycles. The summed E-state index contributed by atoms with van der Waals surface area (Å²) >= 11 is 0. The van der Waals surface area contributed by atoms with Crippen LogP contribution in [0.15, 0.2) is 53.4 Å². The molecule has 2 aromatic rings. The van der Waals surface area contributed by atoms with Crippen molar-refractivity contribution in [3.63, 3.8) is 0 Å². The summed E-state index contributed by atoms with van der Waals surface area (Å²) in [5.74, 6) is -0.0386. The van der Waals surface area contributed by atoms with Gasteiger partial charge in [-0.25, -0.2) is 8.42 Å². The van der Waals surface area contributed by atoms with Crippen molar-refractivity contribution in [2.24, 2.45) is 0 Å². The maximum absolute atomic E-state index is 12.9. The van der Waals surface area contributed by atoms with Gasteiger partial charge in [0.25, 0.3) is 5.91 Å². The van der Waals surface area contributed by atoms with Gasteiger partial charge in [0.05, 0.1) is 4.90 Å². The molecule has 3 rings (SSSR count). The Kier molecular flexibility index (Phi) is 5.44. The number of hydrogen-bond acceptors (Lipinski definition) is 3. The summed E-state index contributed by atoms with van der Waals surface area (Å²) in [6.45, 7) is 5.58. The first kappa shape index (κ1) is 18.6. The van der Waals surface area contributed by atoms with Crippen LogP contribution in [-0.2, 0) is 10.0 Å². The third kappa shape index (κ3) is 3.97. The van der Waals surface area contributed by atoms with E-state index >= 15 is 0 Å². The summed E-state index contributed by atoms with van der Waals surface area (Å²) < 4.78 is 27.2. The molecule has 138 valence electrons. The van der Waals surface area contributed by atoms with Crippen LogP contribution in [0, 0.1) is 13.8 Å². The van der Waals surface area contributed by atoms with E-state index in [1.165, 1.54) is 4.31 Å². The Morgan fingerprint density at radius 3 is 2.31 bits per heavy atom. The number of sulfonamides is 1. The van der Waals surface area contributed by atoms with Crippen molar-refractivity contribution in [3.05, 3.63) is 65.2 Å². The van der Waals surface area contributed by atoms with Gasteiger partial charge < -0.3 is 4.90 Å². The van der Waals surface area contributed by atoms with E-state index in [4.69, 9.17) is 0 Å². The number of hydrogen-bond donors (Lipinski definition) is 0. The normalized spacial score (nSPS) is 16.3. The largest absolute Gasteiger partial charge is 0.337 e. The second-order valence-corrected chi connectivity index (χ2v) is 8.67.